The van der Waals surface area contributed by atoms with Gasteiger partial charge in [-0.25, -0.2) is 0 Å². The lowest BCUT2D eigenvalue weighted by Crippen LogP contribution is -2.43. The van der Waals surface area contributed by atoms with Crippen LogP contribution in [0.5, 0.6) is 0 Å². The molecular weight excluding hydrogens is 591 g/mol. The highest BCUT2D eigenvalue weighted by molar-refractivity contribution is 6.62. The van der Waals surface area contributed by atoms with Crippen molar-refractivity contribution in [3.8, 4) is 0 Å². The second-order valence-electron chi connectivity index (χ2n) is 11.4. The lowest BCUT2D eigenvalue weighted by atomic mass is 9.67. The third-order valence-corrected chi connectivity index (χ3v) is 9.19. The Morgan fingerprint density at radius 1 is 1.17 bits per heavy atom. The van der Waals surface area contributed by atoms with Crippen LogP contribution in [-0.2, 0) is 31.9 Å². The Labute approximate surface area is 252 Å². The van der Waals surface area contributed by atoms with E-state index in [1.807, 2.05) is 39.0 Å². The summed E-state index contributed by atoms with van der Waals surface area (Å²) in [6.07, 6.45) is 1.09. The summed E-state index contributed by atoms with van der Waals surface area (Å²) in [5.41, 5.74) is 4.05. The van der Waals surface area contributed by atoms with Gasteiger partial charge in [0.2, 0.25) is 5.91 Å². The fourth-order valence-electron chi connectivity index (χ4n) is 6.44. The molecule has 0 saturated carbocycles. The molecular formula is C30H30BCl2F3N2O4. The number of alkyl halides is 3. The normalized spacial score (nSPS) is 26.5. The molecule has 5 rings (SSSR count). The molecule has 0 spiro atoms. The van der Waals surface area contributed by atoms with Gasteiger partial charge in [-0.2, -0.15) is 13.2 Å². The van der Waals surface area contributed by atoms with E-state index in [0.29, 0.717) is 30.3 Å². The smallest absolute Gasteiger partial charge is 0.423 e. The van der Waals surface area contributed by atoms with Crippen molar-refractivity contribution in [1.29, 1.82) is 0 Å². The van der Waals surface area contributed by atoms with Gasteiger partial charge in [-0.3, -0.25) is 4.79 Å². The molecule has 1 aliphatic carbocycles. The zero-order valence-corrected chi connectivity index (χ0v) is 24.8. The van der Waals surface area contributed by atoms with E-state index in [0.717, 1.165) is 23.3 Å². The van der Waals surface area contributed by atoms with E-state index in [4.69, 9.17) is 38.4 Å². The van der Waals surface area contributed by atoms with Gasteiger partial charge >= 0.3 is 13.3 Å². The van der Waals surface area contributed by atoms with Crippen LogP contribution in [0, 0.1) is 11.3 Å². The Morgan fingerprint density at radius 3 is 2.43 bits per heavy atom. The molecule has 0 aromatic heterocycles. The van der Waals surface area contributed by atoms with E-state index < -0.39 is 48.2 Å². The summed E-state index contributed by atoms with van der Waals surface area (Å²) in [6, 6.07) is 9.37. The van der Waals surface area contributed by atoms with E-state index in [1.165, 1.54) is 6.07 Å². The number of halogens is 5. The van der Waals surface area contributed by atoms with Crippen LogP contribution in [0.3, 0.4) is 0 Å². The summed E-state index contributed by atoms with van der Waals surface area (Å²) >= 11 is 12.1. The van der Waals surface area contributed by atoms with Gasteiger partial charge in [-0.15, -0.1) is 0 Å². The predicted octanol–water partition coefficient (Wildman–Crippen LogP) is 6.11. The Bertz CT molecular complexity index is 1500. The minimum absolute atomic E-state index is 0.0341. The first kappa shape index (κ1) is 30.7. The van der Waals surface area contributed by atoms with Gasteiger partial charge in [0.25, 0.3) is 5.60 Å². The Morgan fingerprint density at radius 2 is 1.83 bits per heavy atom. The number of hydrogen-bond donors (Lipinski definition) is 2. The monoisotopic (exact) mass is 620 g/mol. The fourth-order valence-corrected chi connectivity index (χ4v) is 6.96. The second kappa shape index (κ2) is 10.7. The minimum Gasteiger partial charge on any atom is -0.423 e. The number of allylic oxidation sites excluding steroid dienone is 3. The predicted molar refractivity (Wildman–Crippen MR) is 156 cm³/mol. The molecule has 0 bridgehead atoms. The number of amides is 1. The van der Waals surface area contributed by atoms with Crippen LogP contribution in [-0.4, -0.2) is 29.9 Å². The Hall–Kier alpha value is -2.79. The number of nitrogens with zero attached hydrogens (tertiary/aromatic N) is 1. The van der Waals surface area contributed by atoms with Crippen molar-refractivity contribution < 1.29 is 32.5 Å². The van der Waals surface area contributed by atoms with Gasteiger partial charge < -0.3 is 20.2 Å². The first-order chi connectivity index (χ1) is 19.7. The third-order valence-electron chi connectivity index (χ3n) is 8.76. The summed E-state index contributed by atoms with van der Waals surface area (Å²) in [5.74, 6) is -1.32. The molecule has 2 aromatic carbocycles. The maximum atomic E-state index is 14.5. The van der Waals surface area contributed by atoms with Gasteiger partial charge in [-0.1, -0.05) is 85.6 Å². The van der Waals surface area contributed by atoms with Crippen LogP contribution in [0.2, 0.25) is 10.0 Å². The third kappa shape index (κ3) is 5.06. The number of fused-ring (bicyclic) bond motifs is 1. The van der Waals surface area contributed by atoms with Gasteiger partial charge in [0.15, 0.2) is 0 Å². The van der Waals surface area contributed by atoms with Crippen LogP contribution in [0.15, 0.2) is 65.4 Å². The molecule has 2 aromatic rings. The lowest BCUT2D eigenvalue weighted by Gasteiger charge is -2.35. The molecule has 6 nitrogen and oxygen atoms in total. The lowest BCUT2D eigenvalue weighted by molar-refractivity contribution is -0.275. The first-order valence-electron chi connectivity index (χ1n) is 13.7. The largest absolute Gasteiger partial charge is 0.492 e. The maximum Gasteiger partial charge on any atom is 0.492 e. The molecule has 2 heterocycles. The van der Waals surface area contributed by atoms with Crippen LogP contribution in [0.1, 0.15) is 56.7 Å². The molecule has 3 N–H and O–H groups in total. The van der Waals surface area contributed by atoms with E-state index in [1.54, 1.807) is 18.2 Å². The maximum absolute atomic E-state index is 14.5. The topological polar surface area (TPSA) is 94.1 Å². The number of nitrogens with two attached hydrogens (primary N) is 1. The van der Waals surface area contributed by atoms with Gasteiger partial charge in [0, 0.05) is 27.4 Å². The number of oxime groups is 1. The second-order valence-corrected chi connectivity index (χ2v) is 12.3. The molecule has 12 heteroatoms. The van der Waals surface area contributed by atoms with Crippen molar-refractivity contribution in [2.75, 3.05) is 0 Å². The van der Waals surface area contributed by atoms with Crippen molar-refractivity contribution >= 4 is 47.4 Å². The van der Waals surface area contributed by atoms with Crippen molar-refractivity contribution in [3.05, 3.63) is 86.9 Å². The molecule has 0 radical (unpaired) electrons. The SMILES string of the molecule is CCC1(CC)OB(O)c2cc(CC3(C)C=C(C4=NOC(c5cc(Cl)cc(Cl)c5)(C(F)(F)F)C4)C=CC3C(N)=O)ccc21. The minimum atomic E-state index is -4.84. The Kier molecular flexibility index (Phi) is 7.84. The summed E-state index contributed by atoms with van der Waals surface area (Å²) in [7, 11) is -1.09. The van der Waals surface area contributed by atoms with Crippen molar-refractivity contribution in [2.24, 2.45) is 22.2 Å². The highest BCUT2D eigenvalue weighted by Crippen LogP contribution is 2.51. The number of rotatable bonds is 7. The number of benzene rings is 2. The molecule has 222 valence electrons. The molecule has 3 unspecified atom stereocenters. The molecule has 3 aliphatic rings. The molecule has 42 heavy (non-hydrogen) atoms. The van der Waals surface area contributed by atoms with Gasteiger partial charge in [0.05, 0.1) is 17.2 Å². The highest BCUT2D eigenvalue weighted by atomic mass is 35.5. The average Bonchev–Trinajstić information content (AvgIpc) is 3.49. The zero-order chi connectivity index (χ0) is 30.7. The van der Waals surface area contributed by atoms with Crippen molar-refractivity contribution in [3.63, 3.8) is 0 Å². The summed E-state index contributed by atoms with van der Waals surface area (Å²) in [5, 5.41) is 14.6. The molecule has 3 atom stereocenters. The standard InChI is InChI=1S/C30H30BCl2F3N2O4/c1-4-28(5-2)22-8-6-17(10-24(22)31(40)41-28)14-27(3)15-18(7-9-23(27)26(37)39)25-16-29(42-38-25,30(34,35)36)19-11-20(32)13-21(33)12-19/h6-13,15,23,40H,4-5,14,16H2,1-3H3,(H2,37,39). The fraction of sp³-hybridized carbons (Fsp3) is 0.400. The van der Waals surface area contributed by atoms with E-state index >= 15 is 0 Å². The molecule has 2 aliphatic heterocycles. The van der Waals surface area contributed by atoms with Crippen molar-refractivity contribution in [2.45, 2.75) is 63.8 Å². The van der Waals surface area contributed by atoms with Crippen molar-refractivity contribution in [1.82, 2.24) is 0 Å². The van der Waals surface area contributed by atoms with Crippen LogP contribution >= 0.6 is 23.2 Å². The summed E-state index contributed by atoms with van der Waals surface area (Å²) in [6.45, 7) is 5.82. The van der Waals surface area contributed by atoms with E-state index in [9.17, 15) is 23.0 Å². The van der Waals surface area contributed by atoms with E-state index in [-0.39, 0.29) is 21.3 Å². The number of hydrogen-bond acceptors (Lipinski definition) is 5. The number of carbonyl (C=O) groups is 1. The quantitative estimate of drug-likeness (QED) is 0.365. The van der Waals surface area contributed by atoms with E-state index in [2.05, 4.69) is 5.16 Å². The summed E-state index contributed by atoms with van der Waals surface area (Å²) < 4.78 is 49.6. The van der Waals surface area contributed by atoms with Crippen LogP contribution in [0.4, 0.5) is 13.2 Å². The first-order valence-corrected chi connectivity index (χ1v) is 14.4. The number of primary amides is 1. The molecule has 0 saturated heterocycles. The zero-order valence-electron chi connectivity index (χ0n) is 23.3. The molecule has 1 amide bonds. The van der Waals surface area contributed by atoms with Crippen LogP contribution in [0.25, 0.3) is 0 Å². The summed E-state index contributed by atoms with van der Waals surface area (Å²) in [4.78, 5) is 17.7. The van der Waals surface area contributed by atoms with Crippen LogP contribution < -0.4 is 11.2 Å². The highest BCUT2D eigenvalue weighted by Gasteiger charge is 2.62. The molecule has 0 fully saturated rings. The Balaban J connectivity index is 1.49. The average molecular weight is 621 g/mol. The van der Waals surface area contributed by atoms with Gasteiger partial charge in [-0.05, 0) is 59.6 Å². The number of carbonyl (C=O) groups excluding carboxylic acids is 1. The van der Waals surface area contributed by atoms with Gasteiger partial charge in [0.1, 0.15) is 0 Å².